The SMILES string of the molecule is C1CC(N2CC3(CCN3)C2)CN1. The Morgan fingerprint density at radius 2 is 2.08 bits per heavy atom. The maximum atomic E-state index is 3.55. The summed E-state index contributed by atoms with van der Waals surface area (Å²) >= 11 is 0. The molecule has 12 heavy (non-hydrogen) atoms. The molecule has 0 amide bonds. The molecule has 3 rings (SSSR count). The van der Waals surface area contributed by atoms with Crippen LogP contribution in [0.15, 0.2) is 0 Å². The van der Waals surface area contributed by atoms with Gasteiger partial charge in [0.25, 0.3) is 0 Å². The van der Waals surface area contributed by atoms with Gasteiger partial charge in [-0.05, 0) is 25.9 Å². The standard InChI is InChI=1S/C9H17N3/c1-3-10-5-8(1)12-6-9(7-12)2-4-11-9/h8,10-11H,1-7H2. The van der Waals surface area contributed by atoms with Crippen LogP contribution in [0.25, 0.3) is 0 Å². The Morgan fingerprint density at radius 3 is 2.58 bits per heavy atom. The molecule has 68 valence electrons. The fraction of sp³-hybridized carbons (Fsp3) is 1.00. The highest BCUT2D eigenvalue weighted by molar-refractivity contribution is 5.10. The van der Waals surface area contributed by atoms with E-state index in [0.717, 1.165) is 6.04 Å². The number of nitrogens with one attached hydrogen (secondary N) is 2. The van der Waals surface area contributed by atoms with Crippen LogP contribution in [0.1, 0.15) is 12.8 Å². The molecule has 3 saturated heterocycles. The molecule has 3 heterocycles. The monoisotopic (exact) mass is 167 g/mol. The van der Waals surface area contributed by atoms with Crippen molar-refractivity contribution in [2.24, 2.45) is 0 Å². The van der Waals surface area contributed by atoms with Crippen molar-refractivity contribution in [3.05, 3.63) is 0 Å². The minimum absolute atomic E-state index is 0.572. The molecule has 0 aromatic carbocycles. The average molecular weight is 167 g/mol. The van der Waals surface area contributed by atoms with Crippen molar-refractivity contribution in [3.63, 3.8) is 0 Å². The molecule has 0 aliphatic carbocycles. The Hall–Kier alpha value is -0.120. The predicted octanol–water partition coefficient (Wildman–Crippen LogP) is -0.604. The minimum atomic E-state index is 0.572. The molecule has 3 fully saturated rings. The summed E-state index contributed by atoms with van der Waals surface area (Å²) in [6, 6.07) is 0.845. The predicted molar refractivity (Wildman–Crippen MR) is 48.2 cm³/mol. The van der Waals surface area contributed by atoms with Gasteiger partial charge < -0.3 is 10.6 Å². The van der Waals surface area contributed by atoms with Gasteiger partial charge >= 0.3 is 0 Å². The molecule has 2 N–H and O–H groups in total. The van der Waals surface area contributed by atoms with E-state index in [1.807, 2.05) is 0 Å². The van der Waals surface area contributed by atoms with Crippen molar-refractivity contribution in [1.29, 1.82) is 0 Å². The van der Waals surface area contributed by atoms with Gasteiger partial charge in [-0.15, -0.1) is 0 Å². The maximum absolute atomic E-state index is 3.55. The molecule has 3 aliphatic rings. The highest BCUT2D eigenvalue weighted by Gasteiger charge is 2.49. The zero-order chi connectivity index (χ0) is 8.02. The van der Waals surface area contributed by atoms with Gasteiger partial charge in [0.15, 0.2) is 0 Å². The Labute approximate surface area is 73.5 Å². The van der Waals surface area contributed by atoms with Crippen LogP contribution in [0.2, 0.25) is 0 Å². The molecule has 0 radical (unpaired) electrons. The lowest BCUT2D eigenvalue weighted by molar-refractivity contribution is -0.0287. The summed E-state index contributed by atoms with van der Waals surface area (Å²) in [5, 5.41) is 6.97. The molecule has 1 spiro atoms. The van der Waals surface area contributed by atoms with Crippen molar-refractivity contribution >= 4 is 0 Å². The van der Waals surface area contributed by atoms with Crippen LogP contribution in [0.3, 0.4) is 0 Å². The summed E-state index contributed by atoms with van der Waals surface area (Å²) in [5.74, 6) is 0. The summed E-state index contributed by atoms with van der Waals surface area (Å²) in [6.07, 6.45) is 2.76. The Morgan fingerprint density at radius 1 is 1.25 bits per heavy atom. The van der Waals surface area contributed by atoms with Crippen LogP contribution in [0, 0.1) is 0 Å². The van der Waals surface area contributed by atoms with Gasteiger partial charge in [-0.3, -0.25) is 4.90 Å². The second kappa shape index (κ2) is 2.44. The Bertz CT molecular complexity index is 174. The first-order chi connectivity index (χ1) is 5.88. The summed E-state index contributed by atoms with van der Waals surface area (Å²) in [6.45, 7) is 6.30. The first kappa shape index (κ1) is 7.30. The summed E-state index contributed by atoms with van der Waals surface area (Å²) in [4.78, 5) is 2.63. The van der Waals surface area contributed by atoms with Crippen LogP contribution >= 0.6 is 0 Å². The van der Waals surface area contributed by atoms with Gasteiger partial charge in [0.1, 0.15) is 0 Å². The van der Waals surface area contributed by atoms with E-state index in [-0.39, 0.29) is 0 Å². The third-order valence-corrected chi connectivity index (χ3v) is 3.67. The molecule has 0 bridgehead atoms. The minimum Gasteiger partial charge on any atom is -0.315 e. The van der Waals surface area contributed by atoms with Crippen LogP contribution in [0.5, 0.6) is 0 Å². The summed E-state index contributed by atoms with van der Waals surface area (Å²) in [7, 11) is 0. The fourth-order valence-electron chi connectivity index (χ4n) is 2.69. The highest BCUT2D eigenvalue weighted by Crippen LogP contribution is 2.32. The Kier molecular flexibility index (Phi) is 1.48. The molecule has 3 heteroatoms. The molecule has 0 saturated carbocycles. The highest BCUT2D eigenvalue weighted by atomic mass is 15.3. The lowest BCUT2D eigenvalue weighted by Crippen LogP contribution is -2.77. The van der Waals surface area contributed by atoms with E-state index in [9.17, 15) is 0 Å². The smallest absolute Gasteiger partial charge is 0.0449 e. The molecule has 0 aromatic rings. The number of hydrogen-bond acceptors (Lipinski definition) is 3. The quantitative estimate of drug-likeness (QED) is 0.546. The van der Waals surface area contributed by atoms with E-state index >= 15 is 0 Å². The van der Waals surface area contributed by atoms with Crippen LogP contribution in [0.4, 0.5) is 0 Å². The maximum Gasteiger partial charge on any atom is 0.0449 e. The van der Waals surface area contributed by atoms with Crippen molar-refractivity contribution in [2.75, 3.05) is 32.7 Å². The first-order valence-electron chi connectivity index (χ1n) is 5.08. The summed E-state index contributed by atoms with van der Waals surface area (Å²) < 4.78 is 0. The van der Waals surface area contributed by atoms with E-state index in [0.29, 0.717) is 5.54 Å². The zero-order valence-corrected chi connectivity index (χ0v) is 7.47. The van der Waals surface area contributed by atoms with Gasteiger partial charge in [-0.2, -0.15) is 0 Å². The Balaban J connectivity index is 1.54. The van der Waals surface area contributed by atoms with Gasteiger partial charge in [0.05, 0.1) is 0 Å². The largest absolute Gasteiger partial charge is 0.315 e. The van der Waals surface area contributed by atoms with Crippen molar-refractivity contribution < 1.29 is 0 Å². The van der Waals surface area contributed by atoms with Crippen molar-refractivity contribution in [3.8, 4) is 0 Å². The third-order valence-electron chi connectivity index (χ3n) is 3.67. The first-order valence-corrected chi connectivity index (χ1v) is 5.08. The molecular weight excluding hydrogens is 150 g/mol. The molecule has 1 unspecified atom stereocenters. The third kappa shape index (κ3) is 0.934. The van der Waals surface area contributed by atoms with E-state index < -0.39 is 0 Å². The second-order valence-corrected chi connectivity index (χ2v) is 4.51. The molecule has 3 aliphatic heterocycles. The van der Waals surface area contributed by atoms with E-state index in [1.165, 1.54) is 45.6 Å². The van der Waals surface area contributed by atoms with E-state index in [4.69, 9.17) is 0 Å². The van der Waals surface area contributed by atoms with Gasteiger partial charge in [-0.25, -0.2) is 0 Å². The number of hydrogen-bond donors (Lipinski definition) is 2. The van der Waals surface area contributed by atoms with Crippen LogP contribution < -0.4 is 10.6 Å². The number of likely N-dealkylation sites (tertiary alicyclic amines) is 1. The number of rotatable bonds is 1. The fourth-order valence-corrected chi connectivity index (χ4v) is 2.69. The van der Waals surface area contributed by atoms with Crippen LogP contribution in [-0.2, 0) is 0 Å². The van der Waals surface area contributed by atoms with Crippen LogP contribution in [-0.4, -0.2) is 49.2 Å². The van der Waals surface area contributed by atoms with E-state index in [1.54, 1.807) is 0 Å². The zero-order valence-electron chi connectivity index (χ0n) is 7.47. The molecular formula is C9H17N3. The number of nitrogens with zero attached hydrogens (tertiary/aromatic N) is 1. The lowest BCUT2D eigenvalue weighted by Gasteiger charge is -2.58. The second-order valence-electron chi connectivity index (χ2n) is 4.51. The van der Waals surface area contributed by atoms with E-state index in [2.05, 4.69) is 15.5 Å². The van der Waals surface area contributed by atoms with Crippen molar-refractivity contribution in [1.82, 2.24) is 15.5 Å². The molecule has 1 atom stereocenters. The van der Waals surface area contributed by atoms with Gasteiger partial charge in [-0.1, -0.05) is 0 Å². The molecule has 3 nitrogen and oxygen atoms in total. The molecule has 0 aromatic heterocycles. The summed E-state index contributed by atoms with van der Waals surface area (Å²) in [5.41, 5.74) is 0.572. The average Bonchev–Trinajstić information content (AvgIpc) is 2.32. The topological polar surface area (TPSA) is 27.3 Å². The van der Waals surface area contributed by atoms with Gasteiger partial charge in [0.2, 0.25) is 0 Å². The lowest BCUT2D eigenvalue weighted by atomic mass is 9.79. The van der Waals surface area contributed by atoms with Gasteiger partial charge in [0, 0.05) is 31.2 Å². The normalized spacial score (nSPS) is 39.5. The van der Waals surface area contributed by atoms with Crippen molar-refractivity contribution in [2.45, 2.75) is 24.4 Å².